The summed E-state index contributed by atoms with van der Waals surface area (Å²) in [7, 11) is 16.8. The van der Waals surface area contributed by atoms with Crippen molar-refractivity contribution in [1.82, 2.24) is 4.57 Å². The van der Waals surface area contributed by atoms with Crippen molar-refractivity contribution >= 4 is 55.7 Å². The Balaban J connectivity index is 1.51. The molecule has 0 spiro atoms. The molecule has 6 aromatic carbocycles. The van der Waals surface area contributed by atoms with Gasteiger partial charge in [0.25, 0.3) is 0 Å². The maximum Gasteiger partial charge on any atom is 0.0491 e. The molecule has 0 aliphatic rings. The third-order valence-electron chi connectivity index (χ3n) is 11.4. The van der Waals surface area contributed by atoms with Gasteiger partial charge in [0.2, 0.25) is 0 Å². The van der Waals surface area contributed by atoms with Crippen LogP contribution in [0.2, 0.25) is 0 Å². The van der Waals surface area contributed by atoms with Crippen LogP contribution in [0.5, 0.6) is 0 Å². The van der Waals surface area contributed by atoms with Crippen molar-refractivity contribution in [3.05, 3.63) is 179 Å². The van der Waals surface area contributed by atoms with Crippen LogP contribution < -0.4 is 19.6 Å². The molecule has 0 N–H and O–H groups in total. The molecular weight excluding hydrogens is 707 g/mol. The van der Waals surface area contributed by atoms with Crippen LogP contribution in [0.4, 0.5) is 22.7 Å². The van der Waals surface area contributed by atoms with Crippen LogP contribution in [-0.2, 0) is 6.54 Å². The molecule has 0 aliphatic heterocycles. The number of rotatable bonds is 14. The second kappa shape index (κ2) is 17.5. The van der Waals surface area contributed by atoms with Crippen molar-refractivity contribution in [3.8, 4) is 0 Å². The van der Waals surface area contributed by atoms with E-state index in [1.807, 2.05) is 0 Å². The average molecular weight is 766 g/mol. The molecule has 1 aromatic heterocycles. The van der Waals surface area contributed by atoms with Crippen LogP contribution in [0, 0.1) is 0 Å². The summed E-state index contributed by atoms with van der Waals surface area (Å²) in [4.78, 5) is 8.64. The molecule has 0 amide bonds. The van der Waals surface area contributed by atoms with Crippen LogP contribution in [0.25, 0.3) is 33.0 Å². The Labute approximate surface area is 346 Å². The molecule has 5 nitrogen and oxygen atoms in total. The zero-order valence-corrected chi connectivity index (χ0v) is 35.9. The Morgan fingerprint density at radius 3 is 1.22 bits per heavy atom. The number of allylic oxidation sites excluding steroid dienone is 2. The van der Waals surface area contributed by atoms with E-state index in [4.69, 9.17) is 0 Å². The highest BCUT2D eigenvalue weighted by atomic mass is 15.1. The number of aryl methyl sites for hydroxylation is 1. The summed E-state index contributed by atoms with van der Waals surface area (Å²) in [6.45, 7) is 3.28. The quantitative estimate of drug-likeness (QED) is 0.110. The molecule has 0 aliphatic carbocycles. The van der Waals surface area contributed by atoms with Crippen LogP contribution in [0.1, 0.15) is 53.5 Å². The Morgan fingerprint density at radius 2 is 0.845 bits per heavy atom. The number of para-hydroxylation sites is 1. The number of hydrogen-bond donors (Lipinski definition) is 0. The fourth-order valence-corrected chi connectivity index (χ4v) is 7.91. The topological polar surface area (TPSA) is 17.9 Å². The predicted octanol–water partition coefficient (Wildman–Crippen LogP) is 12.2. The van der Waals surface area contributed by atoms with Crippen molar-refractivity contribution in [2.75, 3.05) is 76.0 Å². The molecule has 7 aromatic rings. The van der Waals surface area contributed by atoms with Gasteiger partial charge in [0.15, 0.2) is 0 Å². The molecule has 58 heavy (non-hydrogen) atoms. The molecule has 0 bridgehead atoms. The van der Waals surface area contributed by atoms with Crippen molar-refractivity contribution < 1.29 is 0 Å². The molecule has 296 valence electrons. The third kappa shape index (κ3) is 8.55. The van der Waals surface area contributed by atoms with Gasteiger partial charge in [-0.3, -0.25) is 0 Å². The van der Waals surface area contributed by atoms with Crippen molar-refractivity contribution in [3.63, 3.8) is 0 Å². The number of nitrogens with zero attached hydrogens (tertiary/aromatic N) is 5. The summed E-state index contributed by atoms with van der Waals surface area (Å²) in [5.74, 6) is -0.0729. The first-order valence-electron chi connectivity index (χ1n) is 20.6. The smallest absolute Gasteiger partial charge is 0.0491 e. The van der Waals surface area contributed by atoms with Gasteiger partial charge in [-0.15, -0.1) is 0 Å². The van der Waals surface area contributed by atoms with E-state index in [0.29, 0.717) is 0 Å². The van der Waals surface area contributed by atoms with Gasteiger partial charge in [-0.05, 0) is 112 Å². The van der Waals surface area contributed by atoms with Gasteiger partial charge in [0, 0.05) is 113 Å². The van der Waals surface area contributed by atoms with Gasteiger partial charge in [0.1, 0.15) is 0 Å². The zero-order valence-electron chi connectivity index (χ0n) is 35.9. The molecule has 1 heterocycles. The Hall–Kier alpha value is -6.20. The number of hydrogen-bond acceptors (Lipinski definition) is 4. The van der Waals surface area contributed by atoms with Crippen molar-refractivity contribution in [2.24, 2.45) is 0 Å². The number of fused-ring (bicyclic) bond motifs is 3. The summed E-state index contributed by atoms with van der Waals surface area (Å²) < 4.78 is 2.52. The van der Waals surface area contributed by atoms with Gasteiger partial charge in [0.05, 0.1) is 0 Å². The summed E-state index contributed by atoms with van der Waals surface area (Å²) in [6, 6.07) is 52.1. The Bertz CT molecular complexity index is 2290. The first-order chi connectivity index (χ1) is 28.0. The Morgan fingerprint density at radius 1 is 0.466 bits per heavy atom. The summed E-state index contributed by atoms with van der Waals surface area (Å²) in [6.07, 6.45) is 7.30. The van der Waals surface area contributed by atoms with Gasteiger partial charge in [-0.2, -0.15) is 0 Å². The maximum absolute atomic E-state index is 2.52. The summed E-state index contributed by atoms with van der Waals surface area (Å²) in [5.41, 5.74) is 15.7. The van der Waals surface area contributed by atoms with Gasteiger partial charge in [-0.1, -0.05) is 98.3 Å². The van der Waals surface area contributed by atoms with Gasteiger partial charge >= 0.3 is 0 Å². The van der Waals surface area contributed by atoms with Gasteiger partial charge in [-0.25, -0.2) is 0 Å². The maximum atomic E-state index is 2.52. The largest absolute Gasteiger partial charge is 0.378 e. The zero-order chi connectivity index (χ0) is 40.9. The highest BCUT2D eigenvalue weighted by Crippen LogP contribution is 2.38. The van der Waals surface area contributed by atoms with E-state index in [1.165, 1.54) is 83.5 Å². The third-order valence-corrected chi connectivity index (χ3v) is 11.4. The lowest BCUT2D eigenvalue weighted by molar-refractivity contribution is 0.665. The molecule has 0 atom stereocenters. The van der Waals surface area contributed by atoms with Crippen LogP contribution in [0.3, 0.4) is 0 Å². The predicted molar refractivity (Wildman–Crippen MR) is 254 cm³/mol. The summed E-state index contributed by atoms with van der Waals surface area (Å²) in [5, 5.41) is 2.61. The minimum Gasteiger partial charge on any atom is -0.378 e. The average Bonchev–Trinajstić information content (AvgIpc) is 3.55. The SMILES string of the molecule is CCCCn1c2ccccc2c2cc(C(C=C(c3ccc(N(C)C)cc3)c3ccc(N(C)C)cc3)C=C(c3ccc(N(C)C)cc3)c3ccc(N(C)C)cc3)ccc21. The minimum atomic E-state index is -0.0729. The van der Waals surface area contributed by atoms with E-state index in [-0.39, 0.29) is 5.92 Å². The first kappa shape index (κ1) is 40.0. The van der Waals surface area contributed by atoms with E-state index in [0.717, 1.165) is 19.4 Å². The highest BCUT2D eigenvalue weighted by Gasteiger charge is 2.18. The number of anilines is 4. The monoisotopic (exact) mass is 765 g/mol. The normalized spacial score (nSPS) is 11.2. The molecule has 0 fully saturated rings. The molecule has 0 unspecified atom stereocenters. The number of aromatic nitrogens is 1. The molecule has 7 rings (SSSR count). The van der Waals surface area contributed by atoms with E-state index >= 15 is 0 Å². The van der Waals surface area contributed by atoms with E-state index in [9.17, 15) is 0 Å². The summed E-state index contributed by atoms with van der Waals surface area (Å²) >= 11 is 0. The molecule has 5 heteroatoms. The minimum absolute atomic E-state index is 0.0729. The van der Waals surface area contributed by atoms with Crippen molar-refractivity contribution in [1.29, 1.82) is 0 Å². The second-order valence-electron chi connectivity index (χ2n) is 16.3. The van der Waals surface area contributed by atoms with Crippen LogP contribution >= 0.6 is 0 Å². The molecule has 0 saturated carbocycles. The Kier molecular flexibility index (Phi) is 12.1. The number of unbranched alkanes of at least 4 members (excludes halogenated alkanes) is 1. The molecule has 0 radical (unpaired) electrons. The van der Waals surface area contributed by atoms with Crippen LogP contribution in [0.15, 0.2) is 152 Å². The lowest BCUT2D eigenvalue weighted by atomic mass is 9.86. The van der Waals surface area contributed by atoms with Gasteiger partial charge < -0.3 is 24.2 Å². The fourth-order valence-electron chi connectivity index (χ4n) is 7.91. The first-order valence-corrected chi connectivity index (χ1v) is 20.6. The molecular formula is C53H59N5. The van der Waals surface area contributed by atoms with E-state index < -0.39 is 0 Å². The number of benzene rings is 6. The molecule has 0 saturated heterocycles. The lowest BCUT2D eigenvalue weighted by Crippen LogP contribution is -2.09. The van der Waals surface area contributed by atoms with E-state index in [1.54, 1.807) is 0 Å². The fraction of sp³-hybridized carbons (Fsp3) is 0.245. The lowest BCUT2D eigenvalue weighted by Gasteiger charge is -2.20. The van der Waals surface area contributed by atoms with E-state index in [2.05, 4.69) is 239 Å². The van der Waals surface area contributed by atoms with Crippen LogP contribution in [-0.4, -0.2) is 60.9 Å². The second-order valence-corrected chi connectivity index (χ2v) is 16.3. The highest BCUT2D eigenvalue weighted by molar-refractivity contribution is 6.08. The standard InChI is InChI=1S/C53H59N5/c1-10-11-34-58-52-15-13-12-14-48(52)51-35-42(24-33-53(51)58)43(36-49(38-16-25-44(26-17-38)54(2)3)39-18-27-45(28-19-39)55(4)5)37-50(40-20-29-46(30-21-40)56(6)7)41-22-31-47(32-23-41)57(8)9/h12-33,35-37,43H,10-11,34H2,1-9H3. The van der Waals surface area contributed by atoms with Crippen molar-refractivity contribution in [2.45, 2.75) is 32.2 Å².